The number of fused-ring (bicyclic) bond motifs is 5. The molecule has 8 atom stereocenters. The maximum Gasteiger partial charge on any atom is 0.190 e. The van der Waals surface area contributed by atoms with Gasteiger partial charge in [0.25, 0.3) is 0 Å². The minimum Gasteiger partial charge on any atom is -0.393 e. The summed E-state index contributed by atoms with van der Waals surface area (Å²) in [6.07, 6.45) is 4.60. The van der Waals surface area contributed by atoms with E-state index in [2.05, 4.69) is 0 Å². The number of hydrogen-bond acceptors (Lipinski definition) is 6. The summed E-state index contributed by atoms with van der Waals surface area (Å²) in [6.45, 7) is 3.17. The summed E-state index contributed by atoms with van der Waals surface area (Å²) >= 11 is 0. The molecule has 0 saturated heterocycles. The van der Waals surface area contributed by atoms with Crippen molar-refractivity contribution in [1.29, 1.82) is 0 Å². The Bertz CT molecular complexity index is 758. The van der Waals surface area contributed by atoms with E-state index in [9.17, 15) is 29.7 Å². The third kappa shape index (κ3) is 2.28. The van der Waals surface area contributed by atoms with E-state index in [0.717, 1.165) is 18.3 Å². The molecule has 6 heteroatoms. The van der Waals surface area contributed by atoms with Gasteiger partial charge in [0.1, 0.15) is 18.5 Å². The zero-order valence-corrected chi connectivity index (χ0v) is 16.6. The molecule has 0 amide bonds. The van der Waals surface area contributed by atoms with Crippen LogP contribution in [0.25, 0.3) is 0 Å². The molecule has 0 spiro atoms. The van der Waals surface area contributed by atoms with Crippen LogP contribution in [0.2, 0.25) is 0 Å². The Morgan fingerprint density at radius 2 is 2.04 bits per heavy atom. The van der Waals surface area contributed by atoms with Gasteiger partial charge in [-0.25, -0.2) is 0 Å². The van der Waals surface area contributed by atoms with Gasteiger partial charge in [0, 0.05) is 23.2 Å². The first kappa shape index (κ1) is 19.9. The second-order valence-corrected chi connectivity index (χ2v) is 9.87. The van der Waals surface area contributed by atoms with Crippen molar-refractivity contribution < 1.29 is 29.7 Å². The first-order valence-corrected chi connectivity index (χ1v) is 10.4. The molecule has 4 aliphatic carbocycles. The summed E-state index contributed by atoms with van der Waals surface area (Å²) in [6, 6.07) is 0. The molecule has 4 rings (SSSR count). The molecule has 3 fully saturated rings. The zero-order valence-electron chi connectivity index (χ0n) is 16.6. The highest BCUT2D eigenvalue weighted by molar-refractivity contribution is 5.94. The second-order valence-electron chi connectivity index (χ2n) is 9.87. The molecule has 0 aromatic heterocycles. The van der Waals surface area contributed by atoms with Gasteiger partial charge in [-0.1, -0.05) is 19.4 Å². The van der Waals surface area contributed by atoms with E-state index >= 15 is 0 Å². The predicted octanol–water partition coefficient (Wildman–Crippen LogP) is 1.21. The van der Waals surface area contributed by atoms with E-state index in [1.165, 1.54) is 0 Å². The highest BCUT2D eigenvalue weighted by atomic mass is 16.3. The van der Waals surface area contributed by atoms with Gasteiger partial charge in [0.15, 0.2) is 11.6 Å². The van der Waals surface area contributed by atoms with Gasteiger partial charge >= 0.3 is 0 Å². The van der Waals surface area contributed by atoms with Gasteiger partial charge in [0.2, 0.25) is 0 Å². The lowest BCUT2D eigenvalue weighted by atomic mass is 9.43. The molecule has 0 aromatic rings. The van der Waals surface area contributed by atoms with Crippen LogP contribution in [0.5, 0.6) is 0 Å². The molecular formula is C22H30O6. The van der Waals surface area contributed by atoms with Crippen LogP contribution in [0.4, 0.5) is 0 Å². The van der Waals surface area contributed by atoms with Gasteiger partial charge in [-0.05, 0) is 55.9 Å². The van der Waals surface area contributed by atoms with E-state index in [1.807, 2.05) is 13.8 Å². The number of carbonyl (C=O) groups is 3. The second kappa shape index (κ2) is 6.31. The van der Waals surface area contributed by atoms with Crippen molar-refractivity contribution in [1.82, 2.24) is 0 Å². The Balaban J connectivity index is 1.78. The van der Waals surface area contributed by atoms with Crippen molar-refractivity contribution in [3.8, 4) is 0 Å². The lowest BCUT2D eigenvalue weighted by Gasteiger charge is -2.61. The van der Waals surface area contributed by atoms with Gasteiger partial charge in [-0.2, -0.15) is 0 Å². The molecule has 154 valence electrons. The summed E-state index contributed by atoms with van der Waals surface area (Å²) in [5.74, 6) is -1.13. The topological polar surface area (TPSA) is 112 Å². The van der Waals surface area contributed by atoms with Crippen molar-refractivity contribution in [2.24, 2.45) is 34.5 Å². The number of aliphatic hydroxyl groups excluding tert-OH is 2. The Morgan fingerprint density at radius 1 is 1.32 bits per heavy atom. The molecule has 3 N–H and O–H groups in total. The highest BCUT2D eigenvalue weighted by Gasteiger charge is 2.69. The van der Waals surface area contributed by atoms with Crippen molar-refractivity contribution in [2.75, 3.05) is 6.61 Å². The SMILES string of the molecule is C[C@]12CC(O)[C@H]3[C@@H](CCC4=CC(=O)CC(C=O)[C@@]43C)[C@@H]1CC[C@]2(O)C(=O)CO. The standard InChI is InChI=1S/C22H30O6/c1-20-9-17(26)19-15(16(20)5-6-22(20,28)18(27)11-24)4-3-12-7-14(25)8-13(10-23)21(12,19)2/h7,10,13,15-17,19,24,26,28H,3-6,8-9,11H2,1-2H3/t13?,15-,16-,17?,19+,20-,21+,22-/m0/s1. The molecule has 0 radical (unpaired) electrons. The summed E-state index contributed by atoms with van der Waals surface area (Å²) in [5, 5.41) is 31.9. The lowest BCUT2D eigenvalue weighted by molar-refractivity contribution is -0.185. The van der Waals surface area contributed by atoms with Crippen LogP contribution < -0.4 is 0 Å². The van der Waals surface area contributed by atoms with Crippen LogP contribution >= 0.6 is 0 Å². The molecule has 3 saturated carbocycles. The number of allylic oxidation sites excluding steroid dienone is 1. The molecule has 0 aromatic carbocycles. The maximum absolute atomic E-state index is 12.4. The van der Waals surface area contributed by atoms with E-state index in [-0.39, 0.29) is 36.4 Å². The quantitative estimate of drug-likeness (QED) is 0.625. The van der Waals surface area contributed by atoms with E-state index in [1.54, 1.807) is 6.08 Å². The number of carbonyl (C=O) groups excluding carboxylic acids is 3. The van der Waals surface area contributed by atoms with Crippen molar-refractivity contribution >= 4 is 17.9 Å². The summed E-state index contributed by atoms with van der Waals surface area (Å²) < 4.78 is 0. The lowest BCUT2D eigenvalue weighted by Crippen LogP contribution is -2.63. The van der Waals surface area contributed by atoms with Gasteiger partial charge in [-0.3, -0.25) is 9.59 Å². The smallest absolute Gasteiger partial charge is 0.190 e. The van der Waals surface area contributed by atoms with Crippen LogP contribution in [0.15, 0.2) is 11.6 Å². The first-order chi connectivity index (χ1) is 13.1. The maximum atomic E-state index is 12.4. The van der Waals surface area contributed by atoms with Crippen LogP contribution in [0.1, 0.15) is 52.4 Å². The number of hydrogen-bond donors (Lipinski definition) is 3. The van der Waals surface area contributed by atoms with Crippen LogP contribution in [0.3, 0.4) is 0 Å². The van der Waals surface area contributed by atoms with Gasteiger partial charge < -0.3 is 20.1 Å². The summed E-state index contributed by atoms with van der Waals surface area (Å²) in [4.78, 5) is 36.4. The number of aliphatic hydroxyl groups is 3. The van der Waals surface area contributed by atoms with Gasteiger partial charge in [-0.15, -0.1) is 0 Å². The zero-order chi connectivity index (χ0) is 20.5. The van der Waals surface area contributed by atoms with Gasteiger partial charge in [0.05, 0.1) is 6.10 Å². The monoisotopic (exact) mass is 390 g/mol. The third-order valence-corrected chi connectivity index (χ3v) is 9.03. The highest BCUT2D eigenvalue weighted by Crippen LogP contribution is 2.68. The van der Waals surface area contributed by atoms with Crippen LogP contribution in [-0.4, -0.2) is 51.5 Å². The fourth-order valence-electron chi connectivity index (χ4n) is 7.58. The Labute approximate surface area is 165 Å². The molecule has 2 unspecified atom stereocenters. The Kier molecular flexibility index (Phi) is 4.49. The Morgan fingerprint density at radius 3 is 2.68 bits per heavy atom. The van der Waals surface area contributed by atoms with Crippen molar-refractivity contribution in [2.45, 2.75) is 64.1 Å². The van der Waals surface area contributed by atoms with Crippen molar-refractivity contribution in [3.05, 3.63) is 11.6 Å². The molecule has 6 nitrogen and oxygen atoms in total. The number of ketones is 2. The normalized spacial score (nSPS) is 50.2. The first-order valence-electron chi connectivity index (χ1n) is 10.4. The van der Waals surface area contributed by atoms with Crippen LogP contribution in [-0.2, 0) is 14.4 Å². The number of rotatable bonds is 3. The molecule has 0 bridgehead atoms. The molecule has 0 heterocycles. The average molecular weight is 390 g/mol. The fourth-order valence-corrected chi connectivity index (χ4v) is 7.58. The number of Topliss-reactive ketones (excluding diaryl/α,β-unsaturated/α-hetero) is 1. The largest absolute Gasteiger partial charge is 0.393 e. The summed E-state index contributed by atoms with van der Waals surface area (Å²) in [5.41, 5.74) is -2.03. The number of aldehydes is 1. The van der Waals surface area contributed by atoms with E-state index in [4.69, 9.17) is 0 Å². The molecule has 4 aliphatic rings. The third-order valence-electron chi connectivity index (χ3n) is 9.03. The minimum absolute atomic E-state index is 0.0260. The minimum atomic E-state index is -1.62. The van der Waals surface area contributed by atoms with Crippen molar-refractivity contribution in [3.63, 3.8) is 0 Å². The fraction of sp³-hybridized carbons (Fsp3) is 0.773. The molecular weight excluding hydrogens is 360 g/mol. The molecule has 28 heavy (non-hydrogen) atoms. The molecule has 0 aliphatic heterocycles. The Hall–Kier alpha value is -1.37. The van der Waals surface area contributed by atoms with Crippen LogP contribution in [0, 0.1) is 34.5 Å². The van der Waals surface area contributed by atoms with E-state index < -0.39 is 40.8 Å². The predicted molar refractivity (Wildman–Crippen MR) is 100 cm³/mol. The summed E-state index contributed by atoms with van der Waals surface area (Å²) in [7, 11) is 0. The average Bonchev–Trinajstić information content (AvgIpc) is 2.92. The van der Waals surface area contributed by atoms with E-state index in [0.29, 0.717) is 19.3 Å².